The van der Waals surface area contributed by atoms with Gasteiger partial charge in [0.15, 0.2) is 0 Å². The van der Waals surface area contributed by atoms with Crippen molar-refractivity contribution >= 4 is 24.8 Å². The summed E-state index contributed by atoms with van der Waals surface area (Å²) in [4.78, 5) is 4.24. The molecular formula is C8H22Cl2N2O. The van der Waals surface area contributed by atoms with Crippen LogP contribution in [-0.2, 0) is 4.74 Å². The number of ether oxygens (including phenoxy) is 1. The molecule has 0 atom stereocenters. The summed E-state index contributed by atoms with van der Waals surface area (Å²) in [6, 6.07) is 0. The zero-order valence-corrected chi connectivity index (χ0v) is 10.6. The molecule has 0 rings (SSSR count). The Balaban J connectivity index is -0.000000500. The van der Waals surface area contributed by atoms with Crippen LogP contribution in [0.1, 0.15) is 0 Å². The van der Waals surface area contributed by atoms with Crippen LogP contribution in [0, 0.1) is 0 Å². The lowest BCUT2D eigenvalue weighted by atomic mass is 10.6. The van der Waals surface area contributed by atoms with Crippen molar-refractivity contribution in [2.24, 2.45) is 0 Å². The Hall–Kier alpha value is 0.460. The monoisotopic (exact) mass is 232 g/mol. The molecule has 0 heterocycles. The van der Waals surface area contributed by atoms with Gasteiger partial charge in [-0.2, -0.15) is 0 Å². The fraction of sp³-hybridized carbons (Fsp3) is 1.00. The SMILES string of the molecule is CN(C)CCOCCN(C)C.Cl.Cl. The van der Waals surface area contributed by atoms with Crippen molar-refractivity contribution < 1.29 is 4.74 Å². The van der Waals surface area contributed by atoms with Crippen LogP contribution >= 0.6 is 24.8 Å². The van der Waals surface area contributed by atoms with Crippen LogP contribution in [0.2, 0.25) is 0 Å². The molecule has 0 fully saturated rings. The van der Waals surface area contributed by atoms with Crippen molar-refractivity contribution in [3.63, 3.8) is 0 Å². The van der Waals surface area contributed by atoms with E-state index in [1.54, 1.807) is 0 Å². The molecule has 0 saturated heterocycles. The van der Waals surface area contributed by atoms with E-state index in [-0.39, 0.29) is 24.8 Å². The Morgan fingerprint density at radius 3 is 1.31 bits per heavy atom. The third kappa shape index (κ3) is 19.0. The van der Waals surface area contributed by atoms with Gasteiger partial charge in [-0.25, -0.2) is 0 Å². The minimum Gasteiger partial charge on any atom is -0.379 e. The van der Waals surface area contributed by atoms with E-state index < -0.39 is 0 Å². The maximum Gasteiger partial charge on any atom is 0.0593 e. The molecule has 3 nitrogen and oxygen atoms in total. The van der Waals surface area contributed by atoms with Gasteiger partial charge < -0.3 is 14.5 Å². The first kappa shape index (κ1) is 19.1. The van der Waals surface area contributed by atoms with Crippen LogP contribution < -0.4 is 0 Å². The second kappa shape index (κ2) is 12.5. The highest BCUT2D eigenvalue weighted by atomic mass is 35.5. The lowest BCUT2D eigenvalue weighted by Gasteiger charge is -2.12. The molecule has 0 saturated carbocycles. The van der Waals surface area contributed by atoms with Crippen LogP contribution in [0.25, 0.3) is 0 Å². The molecule has 0 radical (unpaired) electrons. The van der Waals surface area contributed by atoms with Gasteiger partial charge in [-0.15, -0.1) is 24.8 Å². The molecule has 13 heavy (non-hydrogen) atoms. The molecule has 0 aromatic rings. The average Bonchev–Trinajstić information content (AvgIpc) is 1.85. The first-order chi connectivity index (χ1) is 5.13. The lowest BCUT2D eigenvalue weighted by molar-refractivity contribution is 0.104. The molecule has 0 bridgehead atoms. The Morgan fingerprint density at radius 1 is 0.769 bits per heavy atom. The highest BCUT2D eigenvalue weighted by molar-refractivity contribution is 5.85. The minimum atomic E-state index is 0. The summed E-state index contributed by atoms with van der Waals surface area (Å²) >= 11 is 0. The van der Waals surface area contributed by atoms with Gasteiger partial charge in [0.25, 0.3) is 0 Å². The van der Waals surface area contributed by atoms with Crippen LogP contribution in [0.3, 0.4) is 0 Å². The van der Waals surface area contributed by atoms with Gasteiger partial charge in [-0.05, 0) is 28.2 Å². The first-order valence-electron chi connectivity index (χ1n) is 4.00. The Labute approximate surface area is 94.2 Å². The molecule has 0 N–H and O–H groups in total. The first-order valence-corrected chi connectivity index (χ1v) is 4.00. The van der Waals surface area contributed by atoms with Crippen LogP contribution in [-0.4, -0.2) is 64.3 Å². The summed E-state index contributed by atoms with van der Waals surface area (Å²) < 4.78 is 5.37. The molecule has 0 aliphatic carbocycles. The van der Waals surface area contributed by atoms with E-state index in [0.29, 0.717) is 0 Å². The third-order valence-electron chi connectivity index (χ3n) is 1.37. The van der Waals surface area contributed by atoms with E-state index in [1.807, 2.05) is 0 Å². The fourth-order valence-electron chi connectivity index (χ4n) is 0.596. The van der Waals surface area contributed by atoms with Crippen molar-refractivity contribution in [2.45, 2.75) is 0 Å². The molecule has 0 spiro atoms. The minimum absolute atomic E-state index is 0. The average molecular weight is 233 g/mol. The topological polar surface area (TPSA) is 15.7 Å². The number of hydrogen-bond acceptors (Lipinski definition) is 3. The summed E-state index contributed by atoms with van der Waals surface area (Å²) in [6.45, 7) is 3.68. The van der Waals surface area contributed by atoms with Crippen LogP contribution in [0.5, 0.6) is 0 Å². The van der Waals surface area contributed by atoms with Crippen molar-refractivity contribution in [3.05, 3.63) is 0 Å². The Morgan fingerprint density at radius 2 is 1.08 bits per heavy atom. The largest absolute Gasteiger partial charge is 0.379 e. The molecule has 5 heteroatoms. The molecule has 0 amide bonds. The van der Waals surface area contributed by atoms with Crippen LogP contribution in [0.15, 0.2) is 0 Å². The Kier molecular flexibility index (Phi) is 18.3. The number of rotatable bonds is 6. The number of nitrogens with zero attached hydrogens (tertiary/aromatic N) is 2. The summed E-state index contributed by atoms with van der Waals surface area (Å²) in [6.07, 6.45) is 0. The van der Waals surface area contributed by atoms with Gasteiger partial charge in [-0.3, -0.25) is 0 Å². The third-order valence-corrected chi connectivity index (χ3v) is 1.37. The van der Waals surface area contributed by atoms with Crippen LogP contribution in [0.4, 0.5) is 0 Å². The maximum atomic E-state index is 5.37. The zero-order chi connectivity index (χ0) is 8.69. The second-order valence-corrected chi connectivity index (χ2v) is 3.22. The standard InChI is InChI=1S/C8H20N2O.2ClH/c1-9(2)5-7-11-8-6-10(3)4;;/h5-8H2,1-4H3;2*1H. The summed E-state index contributed by atoms with van der Waals surface area (Å²) in [5.74, 6) is 0. The maximum absolute atomic E-state index is 5.37. The lowest BCUT2D eigenvalue weighted by Crippen LogP contribution is -2.22. The number of likely N-dealkylation sites (N-methyl/N-ethyl adjacent to an activating group) is 2. The highest BCUT2D eigenvalue weighted by Gasteiger charge is 1.91. The summed E-state index contributed by atoms with van der Waals surface area (Å²) in [5.41, 5.74) is 0. The van der Waals surface area contributed by atoms with Crippen molar-refractivity contribution in [3.8, 4) is 0 Å². The van der Waals surface area contributed by atoms with E-state index >= 15 is 0 Å². The van der Waals surface area contributed by atoms with Crippen molar-refractivity contribution in [1.29, 1.82) is 0 Å². The number of hydrogen-bond donors (Lipinski definition) is 0. The highest BCUT2D eigenvalue weighted by Crippen LogP contribution is 1.80. The van der Waals surface area contributed by atoms with E-state index in [1.165, 1.54) is 0 Å². The predicted octanol–water partition coefficient (Wildman–Crippen LogP) is 0.970. The molecular weight excluding hydrogens is 211 g/mol. The molecule has 0 aliphatic heterocycles. The van der Waals surface area contributed by atoms with Gasteiger partial charge in [0, 0.05) is 13.1 Å². The molecule has 84 valence electrons. The second-order valence-electron chi connectivity index (χ2n) is 3.22. The quantitative estimate of drug-likeness (QED) is 0.636. The number of halogens is 2. The van der Waals surface area contributed by atoms with Gasteiger partial charge in [0.1, 0.15) is 0 Å². The van der Waals surface area contributed by atoms with E-state index in [0.717, 1.165) is 26.3 Å². The van der Waals surface area contributed by atoms with E-state index in [9.17, 15) is 0 Å². The van der Waals surface area contributed by atoms with Gasteiger partial charge in [-0.1, -0.05) is 0 Å². The molecule has 0 aromatic heterocycles. The van der Waals surface area contributed by atoms with Crippen molar-refractivity contribution in [2.75, 3.05) is 54.5 Å². The smallest absolute Gasteiger partial charge is 0.0593 e. The normalized spacial score (nSPS) is 9.69. The summed E-state index contributed by atoms with van der Waals surface area (Å²) in [7, 11) is 8.20. The summed E-state index contributed by atoms with van der Waals surface area (Å²) in [5, 5.41) is 0. The van der Waals surface area contributed by atoms with Crippen molar-refractivity contribution in [1.82, 2.24) is 9.80 Å². The van der Waals surface area contributed by atoms with E-state index in [4.69, 9.17) is 4.74 Å². The van der Waals surface area contributed by atoms with Gasteiger partial charge in [0.2, 0.25) is 0 Å². The molecule has 0 unspecified atom stereocenters. The van der Waals surface area contributed by atoms with Gasteiger partial charge in [0.05, 0.1) is 13.2 Å². The zero-order valence-electron chi connectivity index (χ0n) is 8.95. The van der Waals surface area contributed by atoms with E-state index in [2.05, 4.69) is 38.0 Å². The predicted molar refractivity (Wildman–Crippen MR) is 62.4 cm³/mol. The molecule has 0 aliphatic rings. The fourth-order valence-corrected chi connectivity index (χ4v) is 0.596. The molecule has 0 aromatic carbocycles. The Bertz CT molecular complexity index is 82.2. The van der Waals surface area contributed by atoms with Gasteiger partial charge >= 0.3 is 0 Å².